The molecular weight excluding hydrogens is 224 g/mol. The van der Waals surface area contributed by atoms with Gasteiger partial charge in [-0.2, -0.15) is 0 Å². The highest BCUT2D eigenvalue weighted by atomic mass is 16.5. The fourth-order valence-electron chi connectivity index (χ4n) is 0.983. The lowest BCUT2D eigenvalue weighted by atomic mass is 10.4. The molecule has 17 heavy (non-hydrogen) atoms. The second-order valence-electron chi connectivity index (χ2n) is 3.37. The number of hydrogen-bond acceptors (Lipinski definition) is 5. The largest absolute Gasteiger partial charge is 0.380 e. The molecule has 0 radical (unpaired) electrons. The number of carbonyl (C=O) groups is 2. The van der Waals surface area contributed by atoms with Crippen LogP contribution in [-0.4, -0.2) is 52.5 Å². The van der Waals surface area contributed by atoms with Crippen molar-refractivity contribution in [1.82, 2.24) is 21.3 Å². The fraction of sp³-hybridized carbons (Fsp3) is 0.800. The maximum atomic E-state index is 11.1. The molecule has 7 heteroatoms. The first-order chi connectivity index (χ1) is 8.20. The van der Waals surface area contributed by atoms with Crippen LogP contribution in [0.2, 0.25) is 0 Å². The van der Waals surface area contributed by atoms with Crippen LogP contribution in [0.15, 0.2) is 0 Å². The fourth-order valence-corrected chi connectivity index (χ4v) is 0.983. The van der Waals surface area contributed by atoms with Crippen LogP contribution in [0.1, 0.15) is 12.8 Å². The predicted molar refractivity (Wildman–Crippen MR) is 64.2 cm³/mol. The lowest BCUT2D eigenvalue weighted by Crippen LogP contribution is -2.33. The molecule has 0 saturated heterocycles. The van der Waals surface area contributed by atoms with Crippen molar-refractivity contribution in [2.75, 3.05) is 40.6 Å². The van der Waals surface area contributed by atoms with Crippen LogP contribution in [0, 0.1) is 0 Å². The predicted octanol–water partition coefficient (Wildman–Crippen LogP) is -1.63. The van der Waals surface area contributed by atoms with Crippen LogP contribution in [0.5, 0.6) is 0 Å². The van der Waals surface area contributed by atoms with E-state index < -0.39 is 0 Å². The summed E-state index contributed by atoms with van der Waals surface area (Å²) in [5, 5.41) is 10.9. The van der Waals surface area contributed by atoms with Crippen molar-refractivity contribution in [3.63, 3.8) is 0 Å². The van der Waals surface area contributed by atoms with E-state index >= 15 is 0 Å². The normalized spacial score (nSPS) is 10.0. The Balaban J connectivity index is 3.28. The Hall–Kier alpha value is -1.18. The summed E-state index contributed by atoms with van der Waals surface area (Å²) in [5.41, 5.74) is 0. The van der Waals surface area contributed by atoms with Gasteiger partial charge in [-0.1, -0.05) is 0 Å². The summed E-state index contributed by atoms with van der Waals surface area (Å²) >= 11 is 0. The minimum atomic E-state index is -0.0704. The first kappa shape index (κ1) is 15.8. The first-order valence-electron chi connectivity index (χ1n) is 5.61. The van der Waals surface area contributed by atoms with Gasteiger partial charge < -0.3 is 26.0 Å². The molecule has 0 rings (SSSR count). The van der Waals surface area contributed by atoms with Crippen LogP contribution < -0.4 is 21.3 Å². The average Bonchev–Trinajstić information content (AvgIpc) is 2.33. The maximum absolute atomic E-state index is 11.1. The Morgan fingerprint density at radius 1 is 0.882 bits per heavy atom. The van der Waals surface area contributed by atoms with Gasteiger partial charge in [-0.15, -0.1) is 0 Å². The topological polar surface area (TPSA) is 91.5 Å². The number of amides is 2. The molecule has 0 unspecified atom stereocenters. The van der Waals surface area contributed by atoms with E-state index in [0.29, 0.717) is 39.4 Å². The van der Waals surface area contributed by atoms with Gasteiger partial charge in [-0.3, -0.25) is 9.59 Å². The summed E-state index contributed by atoms with van der Waals surface area (Å²) in [6, 6.07) is 0. The van der Waals surface area contributed by atoms with Gasteiger partial charge in [0.2, 0.25) is 11.8 Å². The van der Waals surface area contributed by atoms with Crippen molar-refractivity contribution in [3.8, 4) is 0 Å². The van der Waals surface area contributed by atoms with Gasteiger partial charge in [0, 0.05) is 12.8 Å². The van der Waals surface area contributed by atoms with Crippen LogP contribution in [-0.2, 0) is 14.3 Å². The molecule has 7 nitrogen and oxygen atoms in total. The molecule has 0 atom stereocenters. The molecule has 0 heterocycles. The number of rotatable bonds is 10. The third kappa shape index (κ3) is 11.1. The average molecular weight is 246 g/mol. The Bertz CT molecular complexity index is 202. The highest BCUT2D eigenvalue weighted by Crippen LogP contribution is 1.86. The minimum Gasteiger partial charge on any atom is -0.380 e. The first-order valence-corrected chi connectivity index (χ1v) is 5.61. The summed E-state index contributed by atoms with van der Waals surface area (Å²) in [6.45, 7) is 1.56. The molecule has 4 N–H and O–H groups in total. The molecule has 0 aromatic rings. The molecule has 0 fully saturated rings. The zero-order chi connectivity index (χ0) is 12.9. The minimum absolute atomic E-state index is 0.0704. The van der Waals surface area contributed by atoms with Crippen molar-refractivity contribution < 1.29 is 14.3 Å². The van der Waals surface area contributed by atoms with E-state index in [0.717, 1.165) is 0 Å². The summed E-state index contributed by atoms with van der Waals surface area (Å²) < 4.78 is 5.17. The molecule has 0 aliphatic heterocycles. The number of nitrogens with one attached hydrogen (secondary N) is 4. The number of carbonyl (C=O) groups excluding carboxylic acids is 2. The van der Waals surface area contributed by atoms with E-state index in [-0.39, 0.29) is 11.8 Å². The molecule has 0 aromatic heterocycles. The zero-order valence-electron chi connectivity index (χ0n) is 10.5. The maximum Gasteiger partial charge on any atom is 0.223 e. The van der Waals surface area contributed by atoms with Gasteiger partial charge in [0.25, 0.3) is 0 Å². The SMILES string of the molecule is CNCNC(=O)CCOCCC(=O)NCNC. The van der Waals surface area contributed by atoms with Crippen molar-refractivity contribution in [2.45, 2.75) is 12.8 Å². The molecule has 0 bridgehead atoms. The second kappa shape index (κ2) is 11.3. The summed E-state index contributed by atoms with van der Waals surface area (Å²) in [4.78, 5) is 22.2. The molecule has 0 aliphatic carbocycles. The highest BCUT2D eigenvalue weighted by molar-refractivity contribution is 5.76. The Morgan fingerprint density at radius 2 is 1.29 bits per heavy atom. The molecule has 100 valence electrons. The van der Waals surface area contributed by atoms with Crippen molar-refractivity contribution in [3.05, 3.63) is 0 Å². The number of ether oxygens (including phenoxy) is 1. The smallest absolute Gasteiger partial charge is 0.223 e. The van der Waals surface area contributed by atoms with Gasteiger partial charge in [-0.05, 0) is 14.1 Å². The van der Waals surface area contributed by atoms with E-state index in [1.54, 1.807) is 14.1 Å². The van der Waals surface area contributed by atoms with Crippen LogP contribution >= 0.6 is 0 Å². The van der Waals surface area contributed by atoms with Crippen LogP contribution in [0.3, 0.4) is 0 Å². The van der Waals surface area contributed by atoms with E-state index in [1.165, 1.54) is 0 Å². The third-order valence-electron chi connectivity index (χ3n) is 1.87. The van der Waals surface area contributed by atoms with E-state index in [1.807, 2.05) is 0 Å². The molecule has 0 spiro atoms. The monoisotopic (exact) mass is 246 g/mol. The quantitative estimate of drug-likeness (QED) is 0.274. The Kier molecular flexibility index (Phi) is 10.5. The molecular formula is C10H22N4O3. The molecule has 2 amide bonds. The van der Waals surface area contributed by atoms with Crippen LogP contribution in [0.25, 0.3) is 0 Å². The summed E-state index contributed by atoms with van der Waals surface area (Å²) in [7, 11) is 3.50. The van der Waals surface area contributed by atoms with E-state index in [4.69, 9.17) is 4.74 Å². The zero-order valence-corrected chi connectivity index (χ0v) is 10.5. The molecule has 0 aromatic carbocycles. The van der Waals surface area contributed by atoms with Crippen molar-refractivity contribution in [1.29, 1.82) is 0 Å². The van der Waals surface area contributed by atoms with Crippen molar-refractivity contribution in [2.24, 2.45) is 0 Å². The highest BCUT2D eigenvalue weighted by Gasteiger charge is 2.02. The van der Waals surface area contributed by atoms with Gasteiger partial charge in [0.05, 0.1) is 26.6 Å². The third-order valence-corrected chi connectivity index (χ3v) is 1.87. The summed E-state index contributed by atoms with van der Waals surface area (Å²) in [6.07, 6.45) is 0.611. The van der Waals surface area contributed by atoms with Crippen LogP contribution in [0.4, 0.5) is 0 Å². The van der Waals surface area contributed by atoms with Crippen molar-refractivity contribution >= 4 is 11.8 Å². The number of hydrogen-bond donors (Lipinski definition) is 4. The van der Waals surface area contributed by atoms with Gasteiger partial charge >= 0.3 is 0 Å². The van der Waals surface area contributed by atoms with Gasteiger partial charge in [-0.25, -0.2) is 0 Å². The van der Waals surface area contributed by atoms with E-state index in [9.17, 15) is 9.59 Å². The molecule has 0 saturated carbocycles. The lowest BCUT2D eigenvalue weighted by Gasteiger charge is -2.06. The standard InChI is InChI=1S/C10H22N4O3/c1-11-7-13-9(15)3-5-17-6-4-10(16)14-8-12-2/h11-12H,3-8H2,1-2H3,(H,13,15)(H,14,16). The van der Waals surface area contributed by atoms with Gasteiger partial charge in [0.15, 0.2) is 0 Å². The second-order valence-corrected chi connectivity index (χ2v) is 3.37. The molecule has 0 aliphatic rings. The lowest BCUT2D eigenvalue weighted by molar-refractivity contribution is -0.122. The van der Waals surface area contributed by atoms with Gasteiger partial charge in [0.1, 0.15) is 0 Å². The van der Waals surface area contributed by atoms with E-state index in [2.05, 4.69) is 21.3 Å². The summed E-state index contributed by atoms with van der Waals surface area (Å²) in [5.74, 6) is -0.141. The Labute approximate surface area is 102 Å². The Morgan fingerprint density at radius 3 is 1.65 bits per heavy atom.